The molecule has 2 aromatic carbocycles. The average Bonchev–Trinajstić information content (AvgIpc) is 2.32. The van der Waals surface area contributed by atoms with Crippen LogP contribution in [0.1, 0.15) is 22.8 Å². The number of benzene rings is 2. The van der Waals surface area contributed by atoms with E-state index in [1.807, 2.05) is 31.2 Å². The lowest BCUT2D eigenvalue weighted by Gasteiger charge is -2.14. The summed E-state index contributed by atoms with van der Waals surface area (Å²) in [5, 5.41) is 10.8. The highest BCUT2D eigenvalue weighted by Gasteiger charge is 2.13. The van der Waals surface area contributed by atoms with E-state index in [0.717, 1.165) is 11.1 Å². The first kappa shape index (κ1) is 12.0. The number of aliphatic hydroxyl groups excluding tert-OH is 1. The third-order valence-corrected chi connectivity index (χ3v) is 2.97. The molecule has 0 spiro atoms. The summed E-state index contributed by atoms with van der Waals surface area (Å²) in [6, 6.07) is 12.8. The van der Waals surface area contributed by atoms with Crippen LogP contribution in [0, 0.1) is 6.92 Å². The molecule has 0 aliphatic carbocycles. The lowest BCUT2D eigenvalue weighted by Crippen LogP contribution is -2.03. The quantitative estimate of drug-likeness (QED) is 0.800. The van der Waals surface area contributed by atoms with Crippen molar-refractivity contribution >= 4 is 17.3 Å². The summed E-state index contributed by atoms with van der Waals surface area (Å²) in [4.78, 5) is 0. The zero-order valence-corrected chi connectivity index (χ0v) is 10.3. The molecule has 0 radical (unpaired) electrons. The number of anilines is 1. The number of aryl methyl sites for hydroxylation is 1. The highest BCUT2D eigenvalue weighted by atomic mass is 35.5. The second-order valence-electron chi connectivity index (χ2n) is 4.09. The molecule has 0 aliphatic rings. The van der Waals surface area contributed by atoms with Crippen molar-refractivity contribution in [2.24, 2.45) is 0 Å². The number of rotatable bonds is 2. The molecule has 88 valence electrons. The second-order valence-corrected chi connectivity index (χ2v) is 4.52. The van der Waals surface area contributed by atoms with Gasteiger partial charge in [-0.15, -0.1) is 0 Å². The third-order valence-electron chi connectivity index (χ3n) is 2.74. The van der Waals surface area contributed by atoms with Crippen molar-refractivity contribution in [2.75, 3.05) is 5.73 Å². The van der Waals surface area contributed by atoms with Crippen LogP contribution in [-0.4, -0.2) is 5.11 Å². The van der Waals surface area contributed by atoms with Gasteiger partial charge in [-0.2, -0.15) is 0 Å². The lowest BCUT2D eigenvalue weighted by molar-refractivity contribution is 0.221. The van der Waals surface area contributed by atoms with Gasteiger partial charge in [0.05, 0.1) is 0 Å². The molecule has 1 unspecified atom stereocenters. The first-order chi connectivity index (χ1) is 8.08. The number of nitrogens with two attached hydrogens (primary N) is 1. The summed E-state index contributed by atoms with van der Waals surface area (Å²) < 4.78 is 0. The van der Waals surface area contributed by atoms with E-state index in [1.54, 1.807) is 18.2 Å². The first-order valence-electron chi connectivity index (χ1n) is 5.37. The van der Waals surface area contributed by atoms with Gasteiger partial charge in [-0.25, -0.2) is 0 Å². The topological polar surface area (TPSA) is 46.2 Å². The maximum atomic E-state index is 10.2. The summed E-state index contributed by atoms with van der Waals surface area (Å²) in [6.07, 6.45) is -0.741. The van der Waals surface area contributed by atoms with Crippen molar-refractivity contribution in [3.63, 3.8) is 0 Å². The predicted octanol–water partition coefficient (Wildman–Crippen LogP) is 3.31. The van der Waals surface area contributed by atoms with Crippen LogP contribution in [0.15, 0.2) is 42.5 Å². The van der Waals surface area contributed by atoms with Crippen LogP contribution in [0.3, 0.4) is 0 Å². The van der Waals surface area contributed by atoms with Gasteiger partial charge in [0.1, 0.15) is 6.10 Å². The summed E-state index contributed by atoms with van der Waals surface area (Å²) in [5.41, 5.74) is 8.99. The summed E-state index contributed by atoms with van der Waals surface area (Å²) >= 11 is 5.91. The maximum Gasteiger partial charge on any atom is 0.106 e. The minimum atomic E-state index is -0.741. The Morgan fingerprint density at radius 1 is 1.12 bits per heavy atom. The van der Waals surface area contributed by atoms with E-state index < -0.39 is 6.10 Å². The molecule has 2 nitrogen and oxygen atoms in total. The molecular formula is C14H14ClNO. The molecule has 2 aromatic rings. The largest absolute Gasteiger partial charge is 0.398 e. The number of hydrogen-bond donors (Lipinski definition) is 2. The molecule has 3 N–H and O–H groups in total. The highest BCUT2D eigenvalue weighted by molar-refractivity contribution is 6.30. The van der Waals surface area contributed by atoms with Crippen LogP contribution < -0.4 is 5.73 Å². The van der Waals surface area contributed by atoms with Gasteiger partial charge in [0.15, 0.2) is 0 Å². The van der Waals surface area contributed by atoms with Crippen molar-refractivity contribution in [1.82, 2.24) is 0 Å². The second kappa shape index (κ2) is 4.78. The monoisotopic (exact) mass is 247 g/mol. The van der Waals surface area contributed by atoms with E-state index in [9.17, 15) is 5.11 Å². The lowest BCUT2D eigenvalue weighted by atomic mass is 9.99. The van der Waals surface area contributed by atoms with Gasteiger partial charge < -0.3 is 10.8 Å². The van der Waals surface area contributed by atoms with Gasteiger partial charge in [-0.1, -0.05) is 41.4 Å². The Labute approximate surface area is 106 Å². The molecule has 0 aromatic heterocycles. The predicted molar refractivity (Wildman–Crippen MR) is 71.1 cm³/mol. The fraction of sp³-hybridized carbons (Fsp3) is 0.143. The number of nitrogen functional groups attached to an aromatic ring is 1. The first-order valence-corrected chi connectivity index (χ1v) is 5.75. The summed E-state index contributed by atoms with van der Waals surface area (Å²) in [7, 11) is 0. The van der Waals surface area contributed by atoms with Crippen LogP contribution in [0.4, 0.5) is 5.69 Å². The van der Waals surface area contributed by atoms with E-state index in [1.165, 1.54) is 0 Å². The van der Waals surface area contributed by atoms with Gasteiger partial charge in [0.25, 0.3) is 0 Å². The summed E-state index contributed by atoms with van der Waals surface area (Å²) in [5.74, 6) is 0. The number of halogens is 1. The maximum absolute atomic E-state index is 10.2. The molecular weight excluding hydrogens is 234 g/mol. The molecule has 1 atom stereocenters. The standard InChI is InChI=1S/C14H14ClNO/c1-9-2-4-10(5-3-9)14(17)12-8-11(15)6-7-13(12)16/h2-8,14,17H,16H2,1H3. The Bertz CT molecular complexity index is 522. The van der Waals surface area contributed by atoms with Crippen molar-refractivity contribution in [3.05, 3.63) is 64.2 Å². The molecule has 0 heterocycles. The number of hydrogen-bond acceptors (Lipinski definition) is 2. The van der Waals surface area contributed by atoms with Crippen LogP contribution in [0.25, 0.3) is 0 Å². The fourth-order valence-electron chi connectivity index (χ4n) is 1.71. The Kier molecular flexibility index (Phi) is 3.36. The zero-order valence-electron chi connectivity index (χ0n) is 9.52. The highest BCUT2D eigenvalue weighted by Crippen LogP contribution is 2.29. The Hall–Kier alpha value is -1.51. The van der Waals surface area contributed by atoms with Crippen molar-refractivity contribution in [3.8, 4) is 0 Å². The normalized spacial score (nSPS) is 12.4. The van der Waals surface area contributed by atoms with Crippen LogP contribution in [0.5, 0.6) is 0 Å². The summed E-state index contributed by atoms with van der Waals surface area (Å²) in [6.45, 7) is 2.00. The molecule has 0 aliphatic heterocycles. The average molecular weight is 248 g/mol. The van der Waals surface area contributed by atoms with Gasteiger partial charge >= 0.3 is 0 Å². The van der Waals surface area contributed by atoms with Gasteiger partial charge in [0.2, 0.25) is 0 Å². The van der Waals surface area contributed by atoms with E-state index in [4.69, 9.17) is 17.3 Å². The van der Waals surface area contributed by atoms with E-state index >= 15 is 0 Å². The van der Waals surface area contributed by atoms with E-state index in [0.29, 0.717) is 16.3 Å². The number of aliphatic hydroxyl groups is 1. The van der Waals surface area contributed by atoms with Crippen molar-refractivity contribution in [1.29, 1.82) is 0 Å². The molecule has 0 saturated heterocycles. The molecule has 3 heteroatoms. The van der Waals surface area contributed by atoms with Gasteiger partial charge in [-0.05, 0) is 30.7 Å². The molecule has 2 rings (SSSR count). The molecule has 0 bridgehead atoms. The van der Waals surface area contributed by atoms with Gasteiger partial charge in [-0.3, -0.25) is 0 Å². The van der Waals surface area contributed by atoms with Crippen LogP contribution >= 0.6 is 11.6 Å². The van der Waals surface area contributed by atoms with E-state index in [-0.39, 0.29) is 0 Å². The Balaban J connectivity index is 2.39. The minimum absolute atomic E-state index is 0.544. The zero-order chi connectivity index (χ0) is 12.4. The van der Waals surface area contributed by atoms with E-state index in [2.05, 4.69) is 0 Å². The Morgan fingerprint density at radius 3 is 2.41 bits per heavy atom. The molecule has 0 fully saturated rings. The van der Waals surface area contributed by atoms with Crippen LogP contribution in [-0.2, 0) is 0 Å². The van der Waals surface area contributed by atoms with Crippen molar-refractivity contribution < 1.29 is 5.11 Å². The molecule has 0 amide bonds. The molecule has 0 saturated carbocycles. The third kappa shape index (κ3) is 2.60. The minimum Gasteiger partial charge on any atom is -0.398 e. The smallest absolute Gasteiger partial charge is 0.106 e. The fourth-order valence-corrected chi connectivity index (χ4v) is 1.89. The Morgan fingerprint density at radius 2 is 1.76 bits per heavy atom. The molecule has 17 heavy (non-hydrogen) atoms. The van der Waals surface area contributed by atoms with Gasteiger partial charge in [0, 0.05) is 16.3 Å². The van der Waals surface area contributed by atoms with Crippen LogP contribution in [0.2, 0.25) is 5.02 Å². The van der Waals surface area contributed by atoms with Crippen molar-refractivity contribution in [2.45, 2.75) is 13.0 Å². The SMILES string of the molecule is Cc1ccc(C(O)c2cc(Cl)ccc2N)cc1.